The minimum atomic E-state index is -0.128. The van der Waals surface area contributed by atoms with E-state index in [4.69, 9.17) is 21.1 Å². The topological polar surface area (TPSA) is 38.8 Å². The van der Waals surface area contributed by atoms with Gasteiger partial charge < -0.3 is 14.4 Å². The predicted octanol–water partition coefficient (Wildman–Crippen LogP) is 3.57. The fourth-order valence-electron chi connectivity index (χ4n) is 2.60. The average molecular weight is 346 g/mol. The molecule has 0 saturated carbocycles. The highest BCUT2D eigenvalue weighted by atomic mass is 35.5. The van der Waals surface area contributed by atoms with E-state index in [1.807, 2.05) is 31.2 Å². The van der Waals surface area contributed by atoms with Crippen molar-refractivity contribution in [2.24, 2.45) is 0 Å². The molecule has 24 heavy (non-hydrogen) atoms. The molecule has 0 radical (unpaired) electrons. The number of carbonyl (C=O) groups is 1. The number of carbonyl (C=O) groups excluding carboxylic acids is 1. The van der Waals surface area contributed by atoms with Crippen LogP contribution in [0.25, 0.3) is 0 Å². The number of amides is 1. The van der Waals surface area contributed by atoms with Crippen LogP contribution in [0.1, 0.15) is 15.9 Å². The molecule has 0 aliphatic carbocycles. The van der Waals surface area contributed by atoms with Crippen LogP contribution in [0.2, 0.25) is 5.02 Å². The first-order valence-corrected chi connectivity index (χ1v) is 8.35. The monoisotopic (exact) mass is 345 g/mol. The van der Waals surface area contributed by atoms with Gasteiger partial charge in [0.15, 0.2) is 0 Å². The fourth-order valence-corrected chi connectivity index (χ4v) is 2.73. The second kappa shape index (κ2) is 7.69. The van der Waals surface area contributed by atoms with Gasteiger partial charge in [-0.15, -0.1) is 0 Å². The number of morpholine rings is 1. The van der Waals surface area contributed by atoms with Gasteiger partial charge in [-0.05, 0) is 43.3 Å². The third kappa shape index (κ3) is 4.28. The van der Waals surface area contributed by atoms with Crippen molar-refractivity contribution in [2.45, 2.75) is 13.0 Å². The molecular formula is C19H20ClNO3. The van der Waals surface area contributed by atoms with Gasteiger partial charge >= 0.3 is 0 Å². The summed E-state index contributed by atoms with van der Waals surface area (Å²) in [6.45, 7) is 4.08. The third-order valence-corrected chi connectivity index (χ3v) is 4.23. The average Bonchev–Trinajstić information content (AvgIpc) is 2.61. The summed E-state index contributed by atoms with van der Waals surface area (Å²) in [7, 11) is 0. The second-order valence-electron chi connectivity index (χ2n) is 5.87. The molecule has 1 heterocycles. The maximum Gasteiger partial charge on any atom is 0.254 e. The molecule has 2 aromatic rings. The minimum Gasteiger partial charge on any atom is -0.491 e. The molecule has 0 bridgehead atoms. The van der Waals surface area contributed by atoms with E-state index in [1.54, 1.807) is 29.2 Å². The molecule has 3 rings (SSSR count). The van der Waals surface area contributed by atoms with Crippen LogP contribution in [0, 0.1) is 6.92 Å². The highest BCUT2D eigenvalue weighted by Crippen LogP contribution is 2.16. The predicted molar refractivity (Wildman–Crippen MR) is 93.8 cm³/mol. The summed E-state index contributed by atoms with van der Waals surface area (Å²) in [4.78, 5) is 14.4. The van der Waals surface area contributed by atoms with E-state index >= 15 is 0 Å². The number of benzene rings is 2. The second-order valence-corrected chi connectivity index (χ2v) is 6.31. The molecule has 1 atom stereocenters. The minimum absolute atomic E-state index is 0.00435. The van der Waals surface area contributed by atoms with Gasteiger partial charge in [-0.25, -0.2) is 0 Å². The molecule has 5 heteroatoms. The van der Waals surface area contributed by atoms with Crippen LogP contribution in [0.4, 0.5) is 0 Å². The summed E-state index contributed by atoms with van der Waals surface area (Å²) in [5.41, 5.74) is 1.83. The molecule has 0 spiro atoms. The van der Waals surface area contributed by atoms with Gasteiger partial charge in [-0.2, -0.15) is 0 Å². The van der Waals surface area contributed by atoms with E-state index in [2.05, 4.69) is 0 Å². The molecule has 0 unspecified atom stereocenters. The lowest BCUT2D eigenvalue weighted by Gasteiger charge is -2.33. The molecule has 1 aliphatic heterocycles. The molecule has 0 N–H and O–H groups in total. The van der Waals surface area contributed by atoms with Gasteiger partial charge in [-0.1, -0.05) is 29.3 Å². The van der Waals surface area contributed by atoms with E-state index in [0.29, 0.717) is 36.9 Å². The Morgan fingerprint density at radius 3 is 2.62 bits per heavy atom. The Kier molecular flexibility index (Phi) is 5.38. The summed E-state index contributed by atoms with van der Waals surface area (Å²) in [5, 5.41) is 0.623. The lowest BCUT2D eigenvalue weighted by atomic mass is 10.1. The Hall–Kier alpha value is -2.04. The zero-order chi connectivity index (χ0) is 16.9. The molecule has 4 nitrogen and oxygen atoms in total. The van der Waals surface area contributed by atoms with Crippen LogP contribution in [-0.2, 0) is 4.74 Å². The van der Waals surface area contributed by atoms with Gasteiger partial charge in [-0.3, -0.25) is 4.79 Å². The maximum absolute atomic E-state index is 12.6. The van der Waals surface area contributed by atoms with Crippen molar-refractivity contribution in [3.63, 3.8) is 0 Å². The molecule has 126 valence electrons. The van der Waals surface area contributed by atoms with E-state index < -0.39 is 0 Å². The fraction of sp³-hybridized carbons (Fsp3) is 0.316. The molecule has 1 aliphatic rings. The van der Waals surface area contributed by atoms with E-state index in [9.17, 15) is 4.79 Å². The largest absolute Gasteiger partial charge is 0.491 e. The van der Waals surface area contributed by atoms with Crippen molar-refractivity contribution in [3.05, 3.63) is 64.7 Å². The van der Waals surface area contributed by atoms with Gasteiger partial charge in [0.25, 0.3) is 5.91 Å². The first-order valence-electron chi connectivity index (χ1n) is 7.98. The van der Waals surface area contributed by atoms with Crippen LogP contribution >= 0.6 is 11.6 Å². The molecule has 1 saturated heterocycles. The molecular weight excluding hydrogens is 326 g/mol. The number of hydrogen-bond acceptors (Lipinski definition) is 3. The van der Waals surface area contributed by atoms with Crippen molar-refractivity contribution >= 4 is 17.5 Å². The number of hydrogen-bond donors (Lipinski definition) is 0. The Morgan fingerprint density at radius 1 is 1.21 bits per heavy atom. The normalized spacial score (nSPS) is 17.6. The van der Waals surface area contributed by atoms with Crippen molar-refractivity contribution in [3.8, 4) is 5.75 Å². The van der Waals surface area contributed by atoms with Crippen LogP contribution in [0.3, 0.4) is 0 Å². The highest BCUT2D eigenvalue weighted by molar-refractivity contribution is 6.30. The number of rotatable bonds is 4. The summed E-state index contributed by atoms with van der Waals surface area (Å²) in [6, 6.07) is 14.8. The first kappa shape index (κ1) is 16.8. The van der Waals surface area contributed by atoms with Crippen LogP contribution in [-0.4, -0.2) is 43.2 Å². The Labute approximate surface area is 146 Å². The number of aryl methyl sites for hydroxylation is 1. The summed E-state index contributed by atoms with van der Waals surface area (Å²) in [5.74, 6) is 0.806. The first-order chi connectivity index (χ1) is 11.6. The third-order valence-electron chi connectivity index (χ3n) is 3.97. The van der Waals surface area contributed by atoms with Gasteiger partial charge in [0.05, 0.1) is 13.2 Å². The Bertz CT molecular complexity index is 685. The lowest BCUT2D eigenvalue weighted by molar-refractivity contribution is -0.0401. The number of ether oxygens (including phenoxy) is 2. The standard InChI is InChI=1S/C19H20ClNO3/c1-14-2-8-17(9-3-14)24-13-18-12-21(10-11-23-18)19(22)15-4-6-16(20)7-5-15/h2-9,18H,10-13H2,1H3/t18-/m0/s1. The van der Waals surface area contributed by atoms with Crippen LogP contribution < -0.4 is 4.74 Å². The van der Waals surface area contributed by atoms with Crippen LogP contribution in [0.15, 0.2) is 48.5 Å². The molecule has 0 aromatic heterocycles. The smallest absolute Gasteiger partial charge is 0.254 e. The summed E-state index contributed by atoms with van der Waals surface area (Å²) in [6.07, 6.45) is -0.128. The van der Waals surface area contributed by atoms with Gasteiger partial charge in [0, 0.05) is 17.1 Å². The number of nitrogens with zero attached hydrogens (tertiary/aromatic N) is 1. The SMILES string of the molecule is Cc1ccc(OC[C@@H]2CN(C(=O)c3ccc(Cl)cc3)CCO2)cc1. The highest BCUT2D eigenvalue weighted by Gasteiger charge is 2.25. The van der Waals surface area contributed by atoms with E-state index in [0.717, 1.165) is 5.75 Å². The van der Waals surface area contributed by atoms with Crippen LogP contribution in [0.5, 0.6) is 5.75 Å². The maximum atomic E-state index is 12.6. The Morgan fingerprint density at radius 2 is 1.92 bits per heavy atom. The summed E-state index contributed by atoms with van der Waals surface area (Å²) >= 11 is 5.87. The zero-order valence-electron chi connectivity index (χ0n) is 13.6. The van der Waals surface area contributed by atoms with Crippen molar-refractivity contribution in [2.75, 3.05) is 26.3 Å². The number of halogens is 1. The molecule has 2 aromatic carbocycles. The molecule has 1 amide bonds. The zero-order valence-corrected chi connectivity index (χ0v) is 14.3. The van der Waals surface area contributed by atoms with Crippen molar-refractivity contribution < 1.29 is 14.3 Å². The molecule has 1 fully saturated rings. The summed E-state index contributed by atoms with van der Waals surface area (Å²) < 4.78 is 11.5. The van der Waals surface area contributed by atoms with E-state index in [1.165, 1.54) is 5.56 Å². The van der Waals surface area contributed by atoms with Gasteiger partial charge in [0.1, 0.15) is 18.5 Å². The van der Waals surface area contributed by atoms with Gasteiger partial charge in [0.2, 0.25) is 0 Å². The van der Waals surface area contributed by atoms with Crippen molar-refractivity contribution in [1.29, 1.82) is 0 Å². The lowest BCUT2D eigenvalue weighted by Crippen LogP contribution is -2.47. The van der Waals surface area contributed by atoms with E-state index in [-0.39, 0.29) is 12.0 Å². The van der Waals surface area contributed by atoms with Crippen molar-refractivity contribution in [1.82, 2.24) is 4.90 Å². The quantitative estimate of drug-likeness (QED) is 0.850. The Balaban J connectivity index is 1.56.